The summed E-state index contributed by atoms with van der Waals surface area (Å²) in [4.78, 5) is 45.3. The average molecular weight is 457 g/mol. The molecule has 0 saturated carbocycles. The Kier molecular flexibility index (Phi) is 8.55. The van der Waals surface area contributed by atoms with Gasteiger partial charge in [0.1, 0.15) is 17.8 Å². The zero-order valence-electron chi connectivity index (χ0n) is 15.8. The second kappa shape index (κ2) is 9.82. The predicted octanol–water partition coefficient (Wildman–Crippen LogP) is -4.81. The molecule has 0 aromatic carbocycles. The largest absolute Gasteiger partial charge is 1.00 e. The molecule has 0 spiro atoms. The fourth-order valence-electron chi connectivity index (χ4n) is 2.17. The van der Waals surface area contributed by atoms with Crippen LogP contribution >= 0.6 is 11.3 Å². The van der Waals surface area contributed by atoms with Gasteiger partial charge in [0.2, 0.25) is 0 Å². The SMILES string of the molecule is COC(=O)C1C(NC(=O)C(=NOC(C)C)c2csc(N)n2)C(=O)N1S(=O)(=O)[O-].[Na+]. The Balaban J connectivity index is 0.00000420. The molecule has 2 heterocycles. The molecule has 154 valence electrons. The van der Waals surface area contributed by atoms with Crippen LogP contribution in [0.2, 0.25) is 0 Å². The molecule has 2 unspecified atom stereocenters. The van der Waals surface area contributed by atoms with E-state index in [1.165, 1.54) is 5.38 Å². The third-order valence-corrected chi connectivity index (χ3v) is 4.92. The molecule has 1 aliphatic heterocycles. The summed E-state index contributed by atoms with van der Waals surface area (Å²) >= 11 is 1.02. The van der Waals surface area contributed by atoms with Crippen molar-refractivity contribution in [1.29, 1.82) is 0 Å². The summed E-state index contributed by atoms with van der Waals surface area (Å²) in [6.07, 6.45) is -0.395. The Morgan fingerprint density at radius 2 is 2.07 bits per heavy atom. The number of carbonyl (C=O) groups is 3. The summed E-state index contributed by atoms with van der Waals surface area (Å²) in [7, 11) is -4.35. The van der Waals surface area contributed by atoms with Gasteiger partial charge in [0, 0.05) is 5.38 Å². The number of nitrogen functional groups attached to an aromatic ring is 1. The molecular formula is C13H16N5NaO8S2. The minimum Gasteiger partial charge on any atom is -0.731 e. The third-order valence-electron chi connectivity index (χ3n) is 3.36. The van der Waals surface area contributed by atoms with E-state index in [0.29, 0.717) is 0 Å². The number of amides is 2. The maximum Gasteiger partial charge on any atom is 1.00 e. The van der Waals surface area contributed by atoms with Gasteiger partial charge in [-0.3, -0.25) is 9.59 Å². The summed E-state index contributed by atoms with van der Waals surface area (Å²) in [5.74, 6) is -3.49. The minimum atomic E-state index is -5.28. The van der Waals surface area contributed by atoms with Gasteiger partial charge in [-0.15, -0.1) is 11.3 Å². The number of rotatable bonds is 7. The molecule has 1 saturated heterocycles. The Hall–Kier alpha value is -1.78. The van der Waals surface area contributed by atoms with Crippen molar-refractivity contribution in [2.45, 2.75) is 32.0 Å². The molecule has 1 aromatic rings. The number of hydrogen-bond acceptors (Lipinski definition) is 12. The smallest absolute Gasteiger partial charge is 0.731 e. The Labute approximate surface area is 191 Å². The number of β-lactam (4-membered cyclic amide) rings is 1. The molecule has 1 aromatic heterocycles. The molecule has 13 nitrogen and oxygen atoms in total. The number of nitrogens with two attached hydrogens (primary N) is 1. The van der Waals surface area contributed by atoms with E-state index in [1.807, 2.05) is 0 Å². The van der Waals surface area contributed by atoms with Gasteiger partial charge >= 0.3 is 35.5 Å². The molecule has 1 aliphatic rings. The van der Waals surface area contributed by atoms with Crippen molar-refractivity contribution in [3.8, 4) is 0 Å². The van der Waals surface area contributed by atoms with Crippen LogP contribution in [0.1, 0.15) is 19.5 Å². The third kappa shape index (κ3) is 5.64. The monoisotopic (exact) mass is 457 g/mol. The van der Waals surface area contributed by atoms with Crippen LogP contribution in [0, 0.1) is 0 Å². The summed E-state index contributed by atoms with van der Waals surface area (Å²) in [6.45, 7) is 3.29. The second-order valence-corrected chi connectivity index (χ2v) is 7.81. The van der Waals surface area contributed by atoms with Gasteiger partial charge in [0.05, 0.1) is 7.11 Å². The van der Waals surface area contributed by atoms with Gasteiger partial charge in [0.25, 0.3) is 11.8 Å². The molecule has 2 atom stereocenters. The minimum absolute atomic E-state index is 0. The maximum absolute atomic E-state index is 12.6. The van der Waals surface area contributed by atoms with Crippen molar-refractivity contribution in [2.24, 2.45) is 5.16 Å². The van der Waals surface area contributed by atoms with Gasteiger partial charge in [-0.05, 0) is 13.8 Å². The molecule has 29 heavy (non-hydrogen) atoms. The second-order valence-electron chi connectivity index (χ2n) is 5.68. The van der Waals surface area contributed by atoms with Gasteiger partial charge in [-0.2, -0.15) is 0 Å². The summed E-state index contributed by atoms with van der Waals surface area (Å²) in [5.41, 5.74) is 5.21. The molecule has 0 bridgehead atoms. The van der Waals surface area contributed by atoms with Crippen molar-refractivity contribution >= 4 is 50.3 Å². The van der Waals surface area contributed by atoms with Gasteiger partial charge in [-0.1, -0.05) is 5.16 Å². The van der Waals surface area contributed by atoms with Crippen molar-refractivity contribution < 1.29 is 66.5 Å². The van der Waals surface area contributed by atoms with Crippen LogP contribution in [0.4, 0.5) is 5.13 Å². The first-order valence-electron chi connectivity index (χ1n) is 7.60. The number of anilines is 1. The summed E-state index contributed by atoms with van der Waals surface area (Å²) in [6, 6.07) is -3.49. The normalized spacial score (nSPS) is 19.3. The first-order valence-corrected chi connectivity index (χ1v) is 9.84. The maximum atomic E-state index is 12.6. The first-order chi connectivity index (χ1) is 13.0. The van der Waals surface area contributed by atoms with E-state index in [-0.39, 0.29) is 50.4 Å². The van der Waals surface area contributed by atoms with Crippen molar-refractivity contribution in [2.75, 3.05) is 12.8 Å². The van der Waals surface area contributed by atoms with Crippen molar-refractivity contribution in [1.82, 2.24) is 14.6 Å². The fraction of sp³-hybridized carbons (Fsp3) is 0.462. The number of ether oxygens (including phenoxy) is 1. The van der Waals surface area contributed by atoms with Crippen LogP contribution in [-0.2, 0) is 34.3 Å². The fourth-order valence-corrected chi connectivity index (χ4v) is 3.54. The molecule has 2 rings (SSSR count). The van der Waals surface area contributed by atoms with Crippen LogP contribution in [0.5, 0.6) is 0 Å². The summed E-state index contributed by atoms with van der Waals surface area (Å²) < 4.78 is 37.7. The quantitative estimate of drug-likeness (QED) is 0.100. The number of nitrogens with one attached hydrogen (secondary N) is 1. The number of nitrogens with zero attached hydrogens (tertiary/aromatic N) is 3. The van der Waals surface area contributed by atoms with Crippen LogP contribution in [-0.4, -0.2) is 71.1 Å². The summed E-state index contributed by atoms with van der Waals surface area (Å²) in [5, 5.41) is 7.36. The van der Waals surface area contributed by atoms with E-state index in [2.05, 4.69) is 20.2 Å². The van der Waals surface area contributed by atoms with E-state index in [1.54, 1.807) is 13.8 Å². The van der Waals surface area contributed by atoms with E-state index in [0.717, 1.165) is 18.4 Å². The molecule has 0 aliphatic carbocycles. The number of methoxy groups -OCH3 is 1. The molecule has 1 fully saturated rings. The van der Waals surface area contributed by atoms with Crippen LogP contribution in [0.3, 0.4) is 0 Å². The Bertz CT molecular complexity index is 931. The first kappa shape index (κ1) is 25.3. The van der Waals surface area contributed by atoms with Crippen molar-refractivity contribution in [3.63, 3.8) is 0 Å². The predicted molar refractivity (Wildman–Crippen MR) is 93.6 cm³/mol. The number of hydrogen-bond donors (Lipinski definition) is 2. The van der Waals surface area contributed by atoms with Crippen molar-refractivity contribution in [3.05, 3.63) is 11.1 Å². The number of thiazole rings is 1. The number of carbonyl (C=O) groups excluding carboxylic acids is 3. The number of aromatic nitrogens is 1. The van der Waals surface area contributed by atoms with E-state index in [9.17, 15) is 27.4 Å². The number of esters is 1. The molecular weight excluding hydrogens is 441 g/mol. The van der Waals surface area contributed by atoms with Crippen LogP contribution in [0.15, 0.2) is 10.5 Å². The molecule has 2 amide bonds. The zero-order valence-corrected chi connectivity index (χ0v) is 19.4. The molecule has 0 radical (unpaired) electrons. The standard InChI is InChI=1S/C13H17N5O8S2.Na/c1-5(2)26-17-7(6-4-27-13(14)15-6)10(19)16-8-9(12(21)25-3)18(11(8)20)28(22,23)24;/h4-5,8-9H,1-3H3,(H2,14,15)(H,16,19)(H,22,23,24);/q;+1/p-1. The topological polar surface area (TPSA) is 193 Å². The molecule has 3 N–H and O–H groups in total. The average Bonchev–Trinajstić information content (AvgIpc) is 3.01. The van der Waals surface area contributed by atoms with Gasteiger partial charge in [-0.25, -0.2) is 22.5 Å². The molecule has 16 heteroatoms. The van der Waals surface area contributed by atoms with Gasteiger partial charge < -0.3 is 25.2 Å². The Morgan fingerprint density at radius 1 is 1.45 bits per heavy atom. The van der Waals surface area contributed by atoms with E-state index >= 15 is 0 Å². The van der Waals surface area contributed by atoms with Crippen LogP contribution in [0.25, 0.3) is 0 Å². The van der Waals surface area contributed by atoms with E-state index < -0.39 is 46.3 Å². The number of oxime groups is 1. The zero-order chi connectivity index (χ0) is 21.2. The Morgan fingerprint density at radius 3 is 2.52 bits per heavy atom. The van der Waals surface area contributed by atoms with Crippen LogP contribution < -0.4 is 40.6 Å². The van der Waals surface area contributed by atoms with E-state index in [4.69, 9.17) is 10.6 Å². The van der Waals surface area contributed by atoms with Gasteiger partial charge in [0.15, 0.2) is 27.2 Å².